The highest BCUT2D eigenvalue weighted by Crippen LogP contribution is 2.27. The summed E-state index contributed by atoms with van der Waals surface area (Å²) in [6, 6.07) is 15.7. The second-order valence-electron chi connectivity index (χ2n) is 5.26. The van der Waals surface area contributed by atoms with E-state index in [4.69, 9.17) is 9.72 Å². The molecule has 0 amide bonds. The Morgan fingerprint density at radius 1 is 1.13 bits per heavy atom. The first-order chi connectivity index (χ1) is 11.1. The molecule has 0 unspecified atom stereocenters. The molecule has 0 aliphatic carbocycles. The third kappa shape index (κ3) is 3.13. The molecule has 0 saturated heterocycles. The molecule has 2 aromatic carbocycles. The number of ether oxygens (including phenoxy) is 1. The molecule has 4 heteroatoms. The average molecular weight is 370 g/mol. The van der Waals surface area contributed by atoms with Gasteiger partial charge in [-0.2, -0.15) is 0 Å². The van der Waals surface area contributed by atoms with E-state index in [1.54, 1.807) is 6.07 Å². The summed E-state index contributed by atoms with van der Waals surface area (Å²) in [6.07, 6.45) is 0.992. The van der Waals surface area contributed by atoms with E-state index in [0.717, 1.165) is 33.1 Å². The van der Waals surface area contributed by atoms with E-state index in [1.165, 1.54) is 12.7 Å². The largest absolute Gasteiger partial charge is 0.465 e. The van der Waals surface area contributed by atoms with Crippen LogP contribution in [0.5, 0.6) is 0 Å². The molecule has 0 fully saturated rings. The number of carbonyl (C=O) groups is 1. The summed E-state index contributed by atoms with van der Waals surface area (Å²) in [4.78, 5) is 16.8. The van der Waals surface area contributed by atoms with Crippen LogP contribution in [0, 0.1) is 0 Å². The van der Waals surface area contributed by atoms with Crippen LogP contribution in [-0.4, -0.2) is 18.1 Å². The number of fused-ring (bicyclic) bond motifs is 1. The predicted molar refractivity (Wildman–Crippen MR) is 95.6 cm³/mol. The predicted octanol–water partition coefficient (Wildman–Crippen LogP) is 5.01. The maximum absolute atomic E-state index is 12.1. The lowest BCUT2D eigenvalue weighted by Gasteiger charge is -2.09. The monoisotopic (exact) mass is 369 g/mol. The van der Waals surface area contributed by atoms with E-state index in [2.05, 4.69) is 35.0 Å². The van der Waals surface area contributed by atoms with Gasteiger partial charge in [0, 0.05) is 15.4 Å². The first-order valence-electron chi connectivity index (χ1n) is 7.40. The number of methoxy groups -OCH3 is 1. The average Bonchev–Trinajstić information content (AvgIpc) is 2.59. The summed E-state index contributed by atoms with van der Waals surface area (Å²) in [6.45, 7) is 2.12. The molecule has 0 radical (unpaired) electrons. The number of benzene rings is 2. The molecule has 23 heavy (non-hydrogen) atoms. The van der Waals surface area contributed by atoms with Crippen molar-refractivity contribution in [3.05, 3.63) is 64.1 Å². The van der Waals surface area contributed by atoms with Gasteiger partial charge in [0.15, 0.2) is 0 Å². The van der Waals surface area contributed by atoms with Crippen LogP contribution in [0.4, 0.5) is 0 Å². The van der Waals surface area contributed by atoms with E-state index in [1.807, 2.05) is 30.3 Å². The maximum atomic E-state index is 12.1. The third-order valence-corrected chi connectivity index (χ3v) is 4.33. The highest BCUT2D eigenvalue weighted by Gasteiger charge is 2.14. The molecular formula is C19H16BrNO2. The zero-order chi connectivity index (χ0) is 16.4. The van der Waals surface area contributed by atoms with Gasteiger partial charge in [-0.05, 0) is 30.2 Å². The number of aromatic nitrogens is 1. The van der Waals surface area contributed by atoms with E-state index in [-0.39, 0.29) is 5.97 Å². The molecule has 0 aliphatic heterocycles. The standard InChI is InChI=1S/C19H16BrNO2/c1-3-12-4-6-13(7-5-12)17-11-16(19(22)23-2)15-9-8-14(20)10-18(15)21-17/h4-11H,3H2,1-2H3. The van der Waals surface area contributed by atoms with Crippen LogP contribution in [0.2, 0.25) is 0 Å². The van der Waals surface area contributed by atoms with Crippen molar-refractivity contribution in [2.75, 3.05) is 7.11 Å². The summed E-state index contributed by atoms with van der Waals surface area (Å²) < 4.78 is 5.85. The molecular weight excluding hydrogens is 354 g/mol. The van der Waals surface area contributed by atoms with Gasteiger partial charge in [0.1, 0.15) is 0 Å². The van der Waals surface area contributed by atoms with Crippen molar-refractivity contribution in [3.8, 4) is 11.3 Å². The topological polar surface area (TPSA) is 39.2 Å². The minimum Gasteiger partial charge on any atom is -0.465 e. The third-order valence-electron chi connectivity index (χ3n) is 3.84. The van der Waals surface area contributed by atoms with Crippen LogP contribution in [0.1, 0.15) is 22.8 Å². The molecule has 0 bridgehead atoms. The lowest BCUT2D eigenvalue weighted by Crippen LogP contribution is -2.04. The molecule has 0 saturated carbocycles. The van der Waals surface area contributed by atoms with Crippen molar-refractivity contribution in [2.24, 2.45) is 0 Å². The lowest BCUT2D eigenvalue weighted by molar-refractivity contribution is 0.0603. The smallest absolute Gasteiger partial charge is 0.338 e. The Morgan fingerprint density at radius 3 is 2.52 bits per heavy atom. The van der Waals surface area contributed by atoms with Gasteiger partial charge in [-0.25, -0.2) is 9.78 Å². The Bertz CT molecular complexity index is 872. The molecule has 3 aromatic rings. The second-order valence-corrected chi connectivity index (χ2v) is 6.17. The zero-order valence-electron chi connectivity index (χ0n) is 13.0. The van der Waals surface area contributed by atoms with Gasteiger partial charge < -0.3 is 4.74 Å². The van der Waals surface area contributed by atoms with Crippen molar-refractivity contribution in [1.29, 1.82) is 0 Å². The van der Waals surface area contributed by atoms with E-state index >= 15 is 0 Å². The van der Waals surface area contributed by atoms with Gasteiger partial charge in [0.25, 0.3) is 0 Å². The maximum Gasteiger partial charge on any atom is 0.338 e. The number of hydrogen-bond donors (Lipinski definition) is 0. The Hall–Kier alpha value is -2.20. The van der Waals surface area contributed by atoms with Crippen molar-refractivity contribution in [1.82, 2.24) is 4.98 Å². The summed E-state index contributed by atoms with van der Waals surface area (Å²) in [5.41, 5.74) is 4.30. The molecule has 3 nitrogen and oxygen atoms in total. The second kappa shape index (κ2) is 6.50. The van der Waals surface area contributed by atoms with Crippen molar-refractivity contribution in [3.63, 3.8) is 0 Å². The summed E-state index contributed by atoms with van der Waals surface area (Å²) in [5, 5.41) is 0.786. The molecule has 0 spiro atoms. The van der Waals surface area contributed by atoms with Crippen LogP contribution in [0.25, 0.3) is 22.2 Å². The number of halogens is 1. The molecule has 116 valence electrons. The highest BCUT2D eigenvalue weighted by atomic mass is 79.9. The Kier molecular flexibility index (Phi) is 4.44. The SMILES string of the molecule is CCc1ccc(-c2cc(C(=O)OC)c3ccc(Br)cc3n2)cc1. The Morgan fingerprint density at radius 2 is 1.87 bits per heavy atom. The number of rotatable bonds is 3. The Balaban J connectivity index is 2.22. The van der Waals surface area contributed by atoms with Gasteiger partial charge in [-0.15, -0.1) is 0 Å². The zero-order valence-corrected chi connectivity index (χ0v) is 14.6. The van der Waals surface area contributed by atoms with Gasteiger partial charge in [-0.1, -0.05) is 53.2 Å². The van der Waals surface area contributed by atoms with Crippen LogP contribution in [0.3, 0.4) is 0 Å². The fraction of sp³-hybridized carbons (Fsp3) is 0.158. The van der Waals surface area contributed by atoms with E-state index in [9.17, 15) is 4.79 Å². The molecule has 3 rings (SSSR count). The van der Waals surface area contributed by atoms with Crippen molar-refractivity contribution in [2.45, 2.75) is 13.3 Å². The van der Waals surface area contributed by atoms with E-state index < -0.39 is 0 Å². The number of aryl methyl sites for hydroxylation is 1. The normalized spacial score (nSPS) is 10.7. The number of carbonyl (C=O) groups excluding carboxylic acids is 1. The van der Waals surface area contributed by atoms with Crippen LogP contribution >= 0.6 is 15.9 Å². The minimum atomic E-state index is -0.355. The summed E-state index contributed by atoms with van der Waals surface area (Å²) >= 11 is 3.45. The molecule has 1 heterocycles. The number of esters is 1. The summed E-state index contributed by atoms with van der Waals surface area (Å²) in [5.74, 6) is -0.355. The molecule has 0 aliphatic rings. The van der Waals surface area contributed by atoms with Crippen LogP contribution in [-0.2, 0) is 11.2 Å². The van der Waals surface area contributed by atoms with Gasteiger partial charge in [0.2, 0.25) is 0 Å². The van der Waals surface area contributed by atoms with Crippen LogP contribution < -0.4 is 0 Å². The van der Waals surface area contributed by atoms with Crippen molar-refractivity contribution >= 4 is 32.8 Å². The van der Waals surface area contributed by atoms with Gasteiger partial charge >= 0.3 is 5.97 Å². The number of nitrogens with zero attached hydrogens (tertiary/aromatic N) is 1. The van der Waals surface area contributed by atoms with Gasteiger partial charge in [0.05, 0.1) is 23.9 Å². The molecule has 1 aromatic heterocycles. The van der Waals surface area contributed by atoms with Crippen LogP contribution in [0.15, 0.2) is 53.0 Å². The van der Waals surface area contributed by atoms with Crippen molar-refractivity contribution < 1.29 is 9.53 Å². The molecule has 0 N–H and O–H groups in total. The first-order valence-corrected chi connectivity index (χ1v) is 8.19. The summed E-state index contributed by atoms with van der Waals surface area (Å²) in [7, 11) is 1.39. The first kappa shape index (κ1) is 15.7. The molecule has 0 atom stereocenters. The number of hydrogen-bond acceptors (Lipinski definition) is 3. The van der Waals surface area contributed by atoms with Gasteiger partial charge in [-0.3, -0.25) is 0 Å². The lowest BCUT2D eigenvalue weighted by atomic mass is 10.0. The minimum absolute atomic E-state index is 0.355. The number of pyridine rings is 1. The fourth-order valence-corrected chi connectivity index (χ4v) is 2.89. The Labute approximate surface area is 143 Å². The fourth-order valence-electron chi connectivity index (χ4n) is 2.54. The van der Waals surface area contributed by atoms with E-state index in [0.29, 0.717) is 5.56 Å². The quantitative estimate of drug-likeness (QED) is 0.608. The highest BCUT2D eigenvalue weighted by molar-refractivity contribution is 9.10.